The van der Waals surface area contributed by atoms with Crippen LogP contribution in [0.4, 0.5) is 10.2 Å². The molecule has 2 heterocycles. The monoisotopic (exact) mass is 280 g/mol. The number of rotatable bonds is 3. The molecule has 0 unspecified atom stereocenters. The van der Waals surface area contributed by atoms with E-state index in [1.165, 1.54) is 12.3 Å². The molecule has 0 aromatic carbocycles. The van der Waals surface area contributed by atoms with Crippen LogP contribution >= 0.6 is 0 Å². The SMILES string of the molecule is CCN(C)c1ncc(F)cc1B1OC(C)(C)C(C)(C)O1. The van der Waals surface area contributed by atoms with Crippen LogP contribution in [0.1, 0.15) is 34.6 Å². The topological polar surface area (TPSA) is 34.6 Å². The normalized spacial score (nSPS) is 20.2. The van der Waals surface area contributed by atoms with E-state index in [4.69, 9.17) is 9.31 Å². The van der Waals surface area contributed by atoms with E-state index < -0.39 is 18.3 Å². The molecule has 0 aliphatic carbocycles. The average Bonchev–Trinajstić information content (AvgIpc) is 2.57. The highest BCUT2D eigenvalue weighted by molar-refractivity contribution is 6.63. The molecule has 1 aromatic rings. The van der Waals surface area contributed by atoms with Gasteiger partial charge in [0, 0.05) is 19.1 Å². The van der Waals surface area contributed by atoms with Crippen molar-refractivity contribution in [2.45, 2.75) is 45.8 Å². The molecular weight excluding hydrogens is 258 g/mol. The number of aromatic nitrogens is 1. The second kappa shape index (κ2) is 5.00. The smallest absolute Gasteiger partial charge is 0.399 e. The Hall–Kier alpha value is -1.14. The molecule has 1 aromatic heterocycles. The average molecular weight is 280 g/mol. The lowest BCUT2D eigenvalue weighted by Gasteiger charge is -2.32. The van der Waals surface area contributed by atoms with Crippen molar-refractivity contribution in [1.29, 1.82) is 0 Å². The van der Waals surface area contributed by atoms with E-state index in [9.17, 15) is 4.39 Å². The quantitative estimate of drug-likeness (QED) is 0.793. The molecule has 0 spiro atoms. The summed E-state index contributed by atoms with van der Waals surface area (Å²) in [6, 6.07) is 1.44. The molecule has 0 bridgehead atoms. The van der Waals surface area contributed by atoms with Crippen molar-refractivity contribution >= 4 is 18.4 Å². The number of nitrogens with zero attached hydrogens (tertiary/aromatic N) is 2. The van der Waals surface area contributed by atoms with Crippen LogP contribution in [0.15, 0.2) is 12.3 Å². The number of anilines is 1. The van der Waals surface area contributed by atoms with E-state index >= 15 is 0 Å². The maximum Gasteiger partial charge on any atom is 0.498 e. The fourth-order valence-corrected chi connectivity index (χ4v) is 2.06. The largest absolute Gasteiger partial charge is 0.498 e. The van der Waals surface area contributed by atoms with Crippen molar-refractivity contribution in [2.24, 2.45) is 0 Å². The highest BCUT2D eigenvalue weighted by Gasteiger charge is 2.52. The first-order valence-corrected chi connectivity index (χ1v) is 6.90. The molecule has 110 valence electrons. The molecular formula is C14H22BFN2O2. The molecule has 6 heteroatoms. The third kappa shape index (κ3) is 2.54. The van der Waals surface area contributed by atoms with Gasteiger partial charge in [-0.1, -0.05) is 0 Å². The standard InChI is InChI=1S/C14H22BFN2O2/c1-7-18(6)12-11(8-10(16)9-17-12)15-19-13(2,3)14(4,5)20-15/h8-9H,7H2,1-6H3. The second-order valence-electron chi connectivity index (χ2n) is 6.17. The summed E-state index contributed by atoms with van der Waals surface area (Å²) in [5.41, 5.74) is -0.272. The van der Waals surface area contributed by atoms with Crippen molar-refractivity contribution in [3.05, 3.63) is 18.1 Å². The van der Waals surface area contributed by atoms with E-state index in [1.807, 2.05) is 46.6 Å². The van der Waals surface area contributed by atoms with Crippen LogP contribution < -0.4 is 10.4 Å². The molecule has 1 fully saturated rings. The van der Waals surface area contributed by atoms with Crippen LogP contribution in [-0.2, 0) is 9.31 Å². The lowest BCUT2D eigenvalue weighted by atomic mass is 9.79. The minimum atomic E-state index is -0.604. The van der Waals surface area contributed by atoms with Gasteiger partial charge in [0.05, 0.1) is 17.4 Å². The highest BCUT2D eigenvalue weighted by atomic mass is 19.1. The Labute approximate surface area is 120 Å². The van der Waals surface area contributed by atoms with E-state index in [1.54, 1.807) is 0 Å². The highest BCUT2D eigenvalue weighted by Crippen LogP contribution is 2.37. The number of hydrogen-bond donors (Lipinski definition) is 0. The molecule has 20 heavy (non-hydrogen) atoms. The fourth-order valence-electron chi connectivity index (χ4n) is 2.06. The summed E-state index contributed by atoms with van der Waals surface area (Å²) < 4.78 is 25.5. The van der Waals surface area contributed by atoms with Gasteiger partial charge in [0.25, 0.3) is 0 Å². The van der Waals surface area contributed by atoms with Gasteiger partial charge in [-0.15, -0.1) is 0 Å². The van der Waals surface area contributed by atoms with E-state index in [-0.39, 0.29) is 5.82 Å². The predicted octanol–water partition coefficient (Wildman–Crippen LogP) is 1.98. The zero-order chi connectivity index (χ0) is 15.1. The molecule has 0 atom stereocenters. The Morgan fingerprint density at radius 1 is 1.25 bits per heavy atom. The summed E-state index contributed by atoms with van der Waals surface area (Å²) in [6.07, 6.45) is 1.22. The Balaban J connectivity index is 2.41. The van der Waals surface area contributed by atoms with E-state index in [0.29, 0.717) is 11.3 Å². The predicted molar refractivity (Wildman–Crippen MR) is 78.9 cm³/mol. The number of hydrogen-bond acceptors (Lipinski definition) is 4. The summed E-state index contributed by atoms with van der Waals surface area (Å²) in [5.74, 6) is 0.301. The Morgan fingerprint density at radius 3 is 2.30 bits per heavy atom. The zero-order valence-corrected chi connectivity index (χ0v) is 13.0. The summed E-state index contributed by atoms with van der Waals surface area (Å²) in [6.45, 7) is 10.7. The molecule has 1 aliphatic rings. The van der Waals surface area contributed by atoms with Crippen LogP contribution in [-0.4, -0.2) is 36.9 Å². The molecule has 1 aliphatic heterocycles. The van der Waals surface area contributed by atoms with Gasteiger partial charge in [-0.25, -0.2) is 9.37 Å². The van der Waals surface area contributed by atoms with Crippen LogP contribution in [0, 0.1) is 5.82 Å². The first kappa shape index (κ1) is 15.3. The molecule has 0 saturated carbocycles. The van der Waals surface area contributed by atoms with Gasteiger partial charge in [0.2, 0.25) is 0 Å². The van der Waals surface area contributed by atoms with Crippen molar-refractivity contribution < 1.29 is 13.7 Å². The molecule has 0 amide bonds. The van der Waals surface area contributed by atoms with E-state index in [0.717, 1.165) is 6.54 Å². The molecule has 0 N–H and O–H groups in total. The lowest BCUT2D eigenvalue weighted by Crippen LogP contribution is -2.41. The third-order valence-electron chi connectivity index (χ3n) is 4.20. The van der Waals surface area contributed by atoms with Gasteiger partial charge in [0.15, 0.2) is 0 Å². The number of pyridine rings is 1. The maximum absolute atomic E-state index is 13.6. The zero-order valence-electron chi connectivity index (χ0n) is 13.0. The Bertz CT molecular complexity index is 492. The first-order valence-electron chi connectivity index (χ1n) is 6.90. The summed E-state index contributed by atoms with van der Waals surface area (Å²) >= 11 is 0. The summed E-state index contributed by atoms with van der Waals surface area (Å²) in [5, 5.41) is 0. The number of halogens is 1. The van der Waals surface area contributed by atoms with Gasteiger partial charge in [-0.2, -0.15) is 0 Å². The minimum Gasteiger partial charge on any atom is -0.399 e. The first-order chi connectivity index (χ1) is 9.18. The third-order valence-corrected chi connectivity index (χ3v) is 4.20. The molecule has 1 saturated heterocycles. The summed E-state index contributed by atoms with van der Waals surface area (Å²) in [4.78, 5) is 6.12. The summed E-state index contributed by atoms with van der Waals surface area (Å²) in [7, 11) is 1.31. The Morgan fingerprint density at radius 2 is 1.80 bits per heavy atom. The van der Waals surface area contributed by atoms with Crippen LogP contribution in [0.25, 0.3) is 0 Å². The Kier molecular flexibility index (Phi) is 3.82. The van der Waals surface area contributed by atoms with Gasteiger partial charge < -0.3 is 14.2 Å². The van der Waals surface area contributed by atoms with Gasteiger partial charge in [-0.3, -0.25) is 0 Å². The van der Waals surface area contributed by atoms with Crippen molar-refractivity contribution in [3.8, 4) is 0 Å². The van der Waals surface area contributed by atoms with Crippen LogP contribution in [0.3, 0.4) is 0 Å². The maximum atomic E-state index is 13.6. The van der Waals surface area contributed by atoms with Crippen molar-refractivity contribution in [1.82, 2.24) is 4.98 Å². The molecule has 2 rings (SSSR count). The van der Waals surface area contributed by atoms with Crippen molar-refractivity contribution in [3.63, 3.8) is 0 Å². The van der Waals surface area contributed by atoms with Crippen molar-refractivity contribution in [2.75, 3.05) is 18.5 Å². The van der Waals surface area contributed by atoms with Gasteiger partial charge in [0.1, 0.15) is 11.6 Å². The van der Waals surface area contributed by atoms with E-state index in [2.05, 4.69) is 4.98 Å². The van der Waals surface area contributed by atoms with Crippen LogP contribution in [0.5, 0.6) is 0 Å². The lowest BCUT2D eigenvalue weighted by molar-refractivity contribution is 0.00578. The minimum absolute atomic E-state index is 0.386. The molecule has 0 radical (unpaired) electrons. The van der Waals surface area contributed by atoms with Gasteiger partial charge in [-0.05, 0) is 40.7 Å². The fraction of sp³-hybridized carbons (Fsp3) is 0.643. The molecule has 4 nitrogen and oxygen atoms in total. The van der Waals surface area contributed by atoms with Crippen LogP contribution in [0.2, 0.25) is 0 Å². The van der Waals surface area contributed by atoms with Gasteiger partial charge >= 0.3 is 7.12 Å². The second-order valence-corrected chi connectivity index (χ2v) is 6.17.